The molecule has 2 aromatic carbocycles. The molecule has 1 unspecified atom stereocenters. The minimum Gasteiger partial charge on any atom is -0.457 e. The Morgan fingerprint density at radius 1 is 0.950 bits per heavy atom. The van der Waals surface area contributed by atoms with Crippen molar-refractivity contribution in [2.75, 3.05) is 6.54 Å². The Kier molecular flexibility index (Phi) is 5.19. The quantitative estimate of drug-likeness (QED) is 0.809. The van der Waals surface area contributed by atoms with E-state index in [2.05, 4.69) is 50.4 Å². The largest absolute Gasteiger partial charge is 0.457 e. The summed E-state index contributed by atoms with van der Waals surface area (Å²) in [6, 6.07) is 16.8. The van der Waals surface area contributed by atoms with Crippen LogP contribution in [0.15, 0.2) is 48.5 Å². The van der Waals surface area contributed by atoms with Gasteiger partial charge in [-0.05, 0) is 56.6 Å². The second-order valence-electron chi connectivity index (χ2n) is 5.16. The number of benzene rings is 2. The van der Waals surface area contributed by atoms with E-state index in [9.17, 15) is 0 Å². The molecule has 2 heteroatoms. The van der Waals surface area contributed by atoms with Crippen LogP contribution in [0.1, 0.15) is 37.4 Å². The highest BCUT2D eigenvalue weighted by Crippen LogP contribution is 2.23. The van der Waals surface area contributed by atoms with Crippen LogP contribution in [-0.2, 0) is 0 Å². The number of hydrogen-bond donors (Lipinski definition) is 1. The van der Waals surface area contributed by atoms with Crippen molar-refractivity contribution in [3.05, 3.63) is 59.7 Å². The molecule has 0 fully saturated rings. The zero-order valence-electron chi connectivity index (χ0n) is 12.5. The van der Waals surface area contributed by atoms with Crippen LogP contribution in [0.3, 0.4) is 0 Å². The third-order valence-corrected chi connectivity index (χ3v) is 3.34. The molecular weight excluding hydrogens is 246 g/mol. The smallest absolute Gasteiger partial charge is 0.127 e. The molecule has 2 aromatic rings. The average Bonchev–Trinajstić information content (AvgIpc) is 2.48. The van der Waals surface area contributed by atoms with E-state index >= 15 is 0 Å². The van der Waals surface area contributed by atoms with Crippen molar-refractivity contribution in [2.45, 2.75) is 33.2 Å². The van der Waals surface area contributed by atoms with Gasteiger partial charge in [-0.25, -0.2) is 0 Å². The van der Waals surface area contributed by atoms with Crippen molar-refractivity contribution in [1.29, 1.82) is 0 Å². The summed E-state index contributed by atoms with van der Waals surface area (Å²) >= 11 is 0. The molecule has 0 aromatic heterocycles. The van der Waals surface area contributed by atoms with Gasteiger partial charge in [-0.15, -0.1) is 0 Å². The van der Waals surface area contributed by atoms with Crippen LogP contribution in [0.2, 0.25) is 0 Å². The number of hydrogen-bond acceptors (Lipinski definition) is 2. The lowest BCUT2D eigenvalue weighted by Crippen LogP contribution is -2.19. The van der Waals surface area contributed by atoms with Crippen LogP contribution in [0.25, 0.3) is 0 Å². The Morgan fingerprint density at radius 2 is 1.50 bits per heavy atom. The Morgan fingerprint density at radius 3 is 2.05 bits per heavy atom. The lowest BCUT2D eigenvalue weighted by Gasteiger charge is -2.14. The van der Waals surface area contributed by atoms with Gasteiger partial charge in [0.05, 0.1) is 0 Å². The van der Waals surface area contributed by atoms with Gasteiger partial charge >= 0.3 is 0 Å². The summed E-state index contributed by atoms with van der Waals surface area (Å²) in [5, 5.41) is 3.48. The van der Waals surface area contributed by atoms with Gasteiger partial charge in [0, 0.05) is 6.04 Å². The molecule has 106 valence electrons. The third-order valence-electron chi connectivity index (χ3n) is 3.34. The second kappa shape index (κ2) is 7.11. The van der Waals surface area contributed by atoms with E-state index in [1.807, 2.05) is 24.3 Å². The number of nitrogens with one attached hydrogen (secondary N) is 1. The predicted molar refractivity (Wildman–Crippen MR) is 84.4 cm³/mol. The zero-order valence-corrected chi connectivity index (χ0v) is 12.5. The van der Waals surface area contributed by atoms with Crippen LogP contribution < -0.4 is 10.1 Å². The van der Waals surface area contributed by atoms with E-state index in [4.69, 9.17) is 4.74 Å². The summed E-state index contributed by atoms with van der Waals surface area (Å²) in [6.45, 7) is 7.48. The van der Waals surface area contributed by atoms with Crippen molar-refractivity contribution in [2.24, 2.45) is 0 Å². The second-order valence-corrected chi connectivity index (χ2v) is 5.16. The monoisotopic (exact) mass is 269 g/mol. The molecule has 0 aliphatic heterocycles. The normalized spacial score (nSPS) is 12.2. The predicted octanol–water partition coefficient (Wildman–Crippen LogP) is 4.85. The van der Waals surface area contributed by atoms with Gasteiger partial charge in [0.25, 0.3) is 0 Å². The SMILES string of the molecule is CCCNC(C)c1ccc(Oc2ccc(C)cc2)cc1. The first-order valence-corrected chi connectivity index (χ1v) is 7.27. The first-order valence-electron chi connectivity index (χ1n) is 7.27. The van der Waals surface area contributed by atoms with Crippen LogP contribution in [0.5, 0.6) is 11.5 Å². The maximum atomic E-state index is 5.83. The first kappa shape index (κ1) is 14.6. The highest BCUT2D eigenvalue weighted by Gasteiger charge is 2.04. The summed E-state index contributed by atoms with van der Waals surface area (Å²) in [5.74, 6) is 1.75. The Hall–Kier alpha value is -1.80. The maximum Gasteiger partial charge on any atom is 0.127 e. The lowest BCUT2D eigenvalue weighted by molar-refractivity contribution is 0.481. The van der Waals surface area contributed by atoms with Crippen molar-refractivity contribution in [1.82, 2.24) is 5.32 Å². The van der Waals surface area contributed by atoms with Crippen LogP contribution >= 0.6 is 0 Å². The molecular formula is C18H23NO. The fourth-order valence-electron chi connectivity index (χ4n) is 2.05. The molecule has 0 saturated heterocycles. The van der Waals surface area contributed by atoms with Gasteiger partial charge in [0.1, 0.15) is 11.5 Å². The Bertz CT molecular complexity index is 516. The van der Waals surface area contributed by atoms with E-state index in [-0.39, 0.29) is 0 Å². The molecule has 0 aliphatic carbocycles. The number of aryl methyl sites for hydroxylation is 1. The highest BCUT2D eigenvalue weighted by atomic mass is 16.5. The summed E-state index contributed by atoms with van der Waals surface area (Å²) in [5.41, 5.74) is 2.53. The van der Waals surface area contributed by atoms with E-state index in [0.29, 0.717) is 6.04 Å². The van der Waals surface area contributed by atoms with Gasteiger partial charge in [0.15, 0.2) is 0 Å². The topological polar surface area (TPSA) is 21.3 Å². The van der Waals surface area contributed by atoms with Gasteiger partial charge < -0.3 is 10.1 Å². The summed E-state index contributed by atoms with van der Waals surface area (Å²) < 4.78 is 5.83. The molecule has 1 N–H and O–H groups in total. The minimum absolute atomic E-state index is 0.378. The fraction of sp³-hybridized carbons (Fsp3) is 0.333. The summed E-state index contributed by atoms with van der Waals surface area (Å²) in [6.07, 6.45) is 1.15. The number of ether oxygens (including phenoxy) is 1. The fourth-order valence-corrected chi connectivity index (χ4v) is 2.05. The van der Waals surface area contributed by atoms with E-state index < -0.39 is 0 Å². The average molecular weight is 269 g/mol. The van der Waals surface area contributed by atoms with E-state index in [1.165, 1.54) is 11.1 Å². The molecule has 0 spiro atoms. The molecule has 0 radical (unpaired) electrons. The van der Waals surface area contributed by atoms with Crippen LogP contribution in [0, 0.1) is 6.92 Å². The van der Waals surface area contributed by atoms with Crippen LogP contribution in [-0.4, -0.2) is 6.54 Å². The Balaban J connectivity index is 1.99. The molecule has 1 atom stereocenters. The first-order chi connectivity index (χ1) is 9.69. The van der Waals surface area contributed by atoms with Gasteiger partial charge in [0.2, 0.25) is 0 Å². The minimum atomic E-state index is 0.378. The van der Waals surface area contributed by atoms with Crippen molar-refractivity contribution >= 4 is 0 Å². The summed E-state index contributed by atoms with van der Waals surface area (Å²) in [7, 11) is 0. The Labute approximate surface area is 121 Å². The van der Waals surface area contributed by atoms with E-state index in [0.717, 1.165) is 24.5 Å². The third kappa shape index (κ3) is 4.10. The zero-order chi connectivity index (χ0) is 14.4. The number of rotatable bonds is 6. The molecule has 2 nitrogen and oxygen atoms in total. The van der Waals surface area contributed by atoms with E-state index in [1.54, 1.807) is 0 Å². The standard InChI is InChI=1S/C18H23NO/c1-4-13-19-15(3)16-7-11-18(12-8-16)20-17-9-5-14(2)6-10-17/h5-12,15,19H,4,13H2,1-3H3. The molecule has 20 heavy (non-hydrogen) atoms. The highest BCUT2D eigenvalue weighted by molar-refractivity contribution is 5.34. The molecule has 0 saturated carbocycles. The maximum absolute atomic E-state index is 5.83. The molecule has 0 amide bonds. The molecule has 0 aliphatic rings. The summed E-state index contributed by atoms with van der Waals surface area (Å²) in [4.78, 5) is 0. The van der Waals surface area contributed by atoms with Crippen molar-refractivity contribution in [3.8, 4) is 11.5 Å². The molecule has 2 rings (SSSR count). The lowest BCUT2D eigenvalue weighted by atomic mass is 10.1. The van der Waals surface area contributed by atoms with Crippen LogP contribution in [0.4, 0.5) is 0 Å². The van der Waals surface area contributed by atoms with Crippen molar-refractivity contribution in [3.63, 3.8) is 0 Å². The van der Waals surface area contributed by atoms with Gasteiger partial charge in [-0.2, -0.15) is 0 Å². The molecule has 0 bridgehead atoms. The molecule has 0 heterocycles. The van der Waals surface area contributed by atoms with Gasteiger partial charge in [-0.3, -0.25) is 0 Å². The van der Waals surface area contributed by atoms with Crippen molar-refractivity contribution < 1.29 is 4.74 Å². The van der Waals surface area contributed by atoms with Gasteiger partial charge in [-0.1, -0.05) is 36.8 Å².